The van der Waals surface area contributed by atoms with E-state index in [-0.39, 0.29) is 30.4 Å². The second-order valence-electron chi connectivity index (χ2n) is 7.25. The number of hydrogen-bond donors (Lipinski definition) is 2. The number of hydrogen-bond acceptors (Lipinski definition) is 4. The number of carbonyl (C=O) groups excluding carboxylic acids is 2. The smallest absolute Gasteiger partial charge is 0.321 e. The average Bonchev–Trinajstić information content (AvgIpc) is 2.79. The fourth-order valence-corrected chi connectivity index (χ4v) is 4.02. The first kappa shape index (κ1) is 21.9. The number of methoxy groups -OCH3 is 1. The van der Waals surface area contributed by atoms with E-state index in [1.807, 2.05) is 53.4 Å². The third-order valence-electron chi connectivity index (χ3n) is 5.49. The van der Waals surface area contributed by atoms with E-state index in [1.165, 1.54) is 0 Å². The Morgan fingerprint density at radius 2 is 1.93 bits per heavy atom. The minimum absolute atomic E-state index is 0. The van der Waals surface area contributed by atoms with Gasteiger partial charge in [-0.15, -0.1) is 12.4 Å². The van der Waals surface area contributed by atoms with Gasteiger partial charge in [0.25, 0.3) is 5.91 Å². The number of benzene rings is 2. The van der Waals surface area contributed by atoms with Crippen molar-refractivity contribution in [2.75, 3.05) is 44.7 Å². The van der Waals surface area contributed by atoms with Crippen molar-refractivity contribution < 1.29 is 14.3 Å². The lowest BCUT2D eigenvalue weighted by molar-refractivity contribution is 0.0631. The Morgan fingerprint density at radius 1 is 1.10 bits per heavy atom. The maximum Gasteiger partial charge on any atom is 0.321 e. The highest BCUT2D eigenvalue weighted by atomic mass is 35.5. The van der Waals surface area contributed by atoms with E-state index >= 15 is 0 Å². The van der Waals surface area contributed by atoms with Crippen LogP contribution in [0.4, 0.5) is 10.5 Å². The minimum Gasteiger partial charge on any atom is -0.496 e. The summed E-state index contributed by atoms with van der Waals surface area (Å²) < 4.78 is 5.53. The highest BCUT2D eigenvalue weighted by molar-refractivity contribution is 5.98. The molecule has 2 aromatic carbocycles. The van der Waals surface area contributed by atoms with Gasteiger partial charge in [0.15, 0.2) is 0 Å². The SMILES string of the molecule is COc1ccccc1C1CNCCN1C(=O)c1cccc(N2CCCNC2=O)c1.Cl. The summed E-state index contributed by atoms with van der Waals surface area (Å²) in [5.74, 6) is 0.736. The lowest BCUT2D eigenvalue weighted by atomic mass is 10.0. The Bertz CT molecular complexity index is 907. The van der Waals surface area contributed by atoms with Crippen molar-refractivity contribution in [2.45, 2.75) is 12.5 Å². The molecule has 2 heterocycles. The summed E-state index contributed by atoms with van der Waals surface area (Å²) in [6, 6.07) is 14.9. The lowest BCUT2D eigenvalue weighted by Crippen LogP contribution is -2.49. The fourth-order valence-electron chi connectivity index (χ4n) is 4.02. The Balaban J connectivity index is 0.00000256. The predicted octanol–water partition coefficient (Wildman–Crippen LogP) is 2.82. The number of para-hydroxylation sites is 1. The van der Waals surface area contributed by atoms with Crippen molar-refractivity contribution in [3.63, 3.8) is 0 Å². The van der Waals surface area contributed by atoms with Gasteiger partial charge < -0.3 is 20.3 Å². The molecule has 30 heavy (non-hydrogen) atoms. The van der Waals surface area contributed by atoms with Crippen LogP contribution in [0, 0.1) is 0 Å². The molecule has 3 amide bonds. The number of amides is 3. The zero-order valence-electron chi connectivity index (χ0n) is 17.0. The van der Waals surface area contributed by atoms with Crippen LogP contribution in [0.25, 0.3) is 0 Å². The van der Waals surface area contributed by atoms with Gasteiger partial charge in [0.2, 0.25) is 0 Å². The molecule has 0 aliphatic carbocycles. The Hall–Kier alpha value is -2.77. The largest absolute Gasteiger partial charge is 0.496 e. The number of halogens is 1. The molecule has 1 unspecified atom stereocenters. The van der Waals surface area contributed by atoms with Gasteiger partial charge >= 0.3 is 6.03 Å². The molecule has 2 N–H and O–H groups in total. The van der Waals surface area contributed by atoms with E-state index in [2.05, 4.69) is 10.6 Å². The molecule has 0 saturated carbocycles. The van der Waals surface area contributed by atoms with Crippen LogP contribution in [-0.2, 0) is 0 Å². The molecule has 1 atom stereocenters. The third-order valence-corrected chi connectivity index (χ3v) is 5.49. The third kappa shape index (κ3) is 4.37. The van der Waals surface area contributed by atoms with Crippen LogP contribution in [0.3, 0.4) is 0 Å². The Kier molecular flexibility index (Phi) is 7.18. The molecular weight excluding hydrogens is 404 g/mol. The van der Waals surface area contributed by atoms with E-state index in [9.17, 15) is 9.59 Å². The number of nitrogens with zero attached hydrogens (tertiary/aromatic N) is 2. The quantitative estimate of drug-likeness (QED) is 0.782. The van der Waals surface area contributed by atoms with Crippen molar-refractivity contribution in [1.82, 2.24) is 15.5 Å². The van der Waals surface area contributed by atoms with Crippen molar-refractivity contribution >= 4 is 30.0 Å². The van der Waals surface area contributed by atoms with Crippen LogP contribution in [0.5, 0.6) is 5.75 Å². The molecule has 0 bridgehead atoms. The first-order chi connectivity index (χ1) is 14.2. The molecule has 4 rings (SSSR count). The van der Waals surface area contributed by atoms with Crippen LogP contribution < -0.4 is 20.3 Å². The Labute approximate surface area is 182 Å². The number of nitrogens with one attached hydrogen (secondary N) is 2. The number of carbonyl (C=O) groups is 2. The Morgan fingerprint density at radius 3 is 2.73 bits per heavy atom. The van der Waals surface area contributed by atoms with E-state index in [1.54, 1.807) is 12.0 Å². The van der Waals surface area contributed by atoms with Crippen LogP contribution in [0.2, 0.25) is 0 Å². The molecular formula is C22H27ClN4O3. The molecule has 2 aliphatic heterocycles. The number of piperazine rings is 1. The number of rotatable bonds is 4. The van der Waals surface area contributed by atoms with Gasteiger partial charge in [-0.25, -0.2) is 4.79 Å². The summed E-state index contributed by atoms with van der Waals surface area (Å²) in [4.78, 5) is 29.2. The van der Waals surface area contributed by atoms with Gasteiger partial charge in [0.1, 0.15) is 5.75 Å². The summed E-state index contributed by atoms with van der Waals surface area (Å²) in [5, 5.41) is 6.23. The van der Waals surface area contributed by atoms with Crippen LogP contribution in [0.15, 0.2) is 48.5 Å². The van der Waals surface area contributed by atoms with E-state index in [0.717, 1.165) is 30.0 Å². The first-order valence-corrected chi connectivity index (χ1v) is 9.99. The van der Waals surface area contributed by atoms with Crippen molar-refractivity contribution in [3.05, 3.63) is 59.7 Å². The fraction of sp³-hybridized carbons (Fsp3) is 0.364. The van der Waals surface area contributed by atoms with Gasteiger partial charge in [-0.1, -0.05) is 24.3 Å². The van der Waals surface area contributed by atoms with Crippen LogP contribution in [-0.4, -0.2) is 56.7 Å². The zero-order chi connectivity index (χ0) is 20.2. The highest BCUT2D eigenvalue weighted by Gasteiger charge is 2.31. The van der Waals surface area contributed by atoms with Gasteiger partial charge in [0, 0.05) is 49.5 Å². The van der Waals surface area contributed by atoms with Gasteiger partial charge in [-0.05, 0) is 30.7 Å². The maximum atomic E-state index is 13.4. The molecule has 2 saturated heterocycles. The summed E-state index contributed by atoms with van der Waals surface area (Å²) in [5.41, 5.74) is 2.32. The minimum atomic E-state index is -0.116. The van der Waals surface area contributed by atoms with Crippen molar-refractivity contribution in [3.8, 4) is 5.75 Å². The summed E-state index contributed by atoms with van der Waals surface area (Å²) >= 11 is 0. The molecule has 160 valence electrons. The predicted molar refractivity (Wildman–Crippen MR) is 119 cm³/mol. The standard InChI is InChI=1S/C22H26N4O3.ClH/c1-29-20-9-3-2-8-18(20)19-15-23-11-13-26(19)21(27)16-6-4-7-17(14-16)25-12-5-10-24-22(25)28;/h2-4,6-9,14,19,23H,5,10-13,15H2,1H3,(H,24,28);1H. The van der Waals surface area contributed by atoms with Gasteiger partial charge in [-0.3, -0.25) is 9.69 Å². The monoisotopic (exact) mass is 430 g/mol. The number of anilines is 1. The zero-order valence-corrected chi connectivity index (χ0v) is 17.8. The van der Waals surface area contributed by atoms with Crippen molar-refractivity contribution in [2.24, 2.45) is 0 Å². The topological polar surface area (TPSA) is 73.9 Å². The summed E-state index contributed by atoms with van der Waals surface area (Å²) in [6.07, 6.45) is 0.886. The maximum absolute atomic E-state index is 13.4. The molecule has 0 spiro atoms. The van der Waals surface area contributed by atoms with Gasteiger partial charge in [0.05, 0.1) is 13.2 Å². The van der Waals surface area contributed by atoms with E-state index in [4.69, 9.17) is 4.74 Å². The van der Waals surface area contributed by atoms with Crippen molar-refractivity contribution in [1.29, 1.82) is 0 Å². The molecule has 0 radical (unpaired) electrons. The molecule has 2 aliphatic rings. The molecule has 7 nitrogen and oxygen atoms in total. The molecule has 0 aromatic heterocycles. The van der Waals surface area contributed by atoms with Gasteiger partial charge in [-0.2, -0.15) is 0 Å². The summed E-state index contributed by atoms with van der Waals surface area (Å²) in [6.45, 7) is 3.36. The molecule has 8 heteroatoms. The first-order valence-electron chi connectivity index (χ1n) is 9.99. The number of urea groups is 1. The number of ether oxygens (including phenoxy) is 1. The second kappa shape index (κ2) is 9.82. The highest BCUT2D eigenvalue weighted by Crippen LogP contribution is 2.31. The molecule has 2 fully saturated rings. The molecule has 2 aromatic rings. The van der Waals surface area contributed by atoms with E-state index < -0.39 is 0 Å². The lowest BCUT2D eigenvalue weighted by Gasteiger charge is -2.37. The normalized spacial score (nSPS) is 19.0. The van der Waals surface area contributed by atoms with Crippen LogP contribution in [0.1, 0.15) is 28.4 Å². The second-order valence-corrected chi connectivity index (χ2v) is 7.25. The van der Waals surface area contributed by atoms with Crippen LogP contribution >= 0.6 is 12.4 Å². The van der Waals surface area contributed by atoms with E-state index in [0.29, 0.717) is 31.7 Å². The average molecular weight is 431 g/mol. The summed E-state index contributed by atoms with van der Waals surface area (Å²) in [7, 11) is 1.65.